The highest BCUT2D eigenvalue weighted by Gasteiger charge is 2.36. The van der Waals surface area contributed by atoms with Crippen molar-refractivity contribution >= 4 is 35.0 Å². The molecule has 0 aromatic heterocycles. The summed E-state index contributed by atoms with van der Waals surface area (Å²) in [6.07, 6.45) is 1.53. The summed E-state index contributed by atoms with van der Waals surface area (Å²) in [5.74, 6) is -1.12. The van der Waals surface area contributed by atoms with E-state index in [0.29, 0.717) is 16.9 Å². The molecule has 1 heterocycles. The predicted molar refractivity (Wildman–Crippen MR) is 102 cm³/mol. The number of esters is 1. The number of carbonyl (C=O) groups excluding carboxylic acids is 3. The van der Waals surface area contributed by atoms with Gasteiger partial charge in [-0.3, -0.25) is 19.3 Å². The minimum absolute atomic E-state index is 0.145. The summed E-state index contributed by atoms with van der Waals surface area (Å²) in [6.45, 7) is -0.289. The van der Waals surface area contributed by atoms with E-state index in [1.54, 1.807) is 36.4 Å². The molecule has 0 spiro atoms. The molecule has 0 bridgehead atoms. The van der Waals surface area contributed by atoms with Gasteiger partial charge < -0.3 is 9.47 Å². The molecule has 0 atom stereocenters. The Morgan fingerprint density at radius 3 is 2.71 bits per heavy atom. The molecule has 0 aliphatic carbocycles. The van der Waals surface area contributed by atoms with E-state index in [9.17, 15) is 18.8 Å². The van der Waals surface area contributed by atoms with Gasteiger partial charge >= 0.3 is 5.97 Å². The van der Waals surface area contributed by atoms with Crippen LogP contribution in [-0.2, 0) is 20.9 Å². The largest absolute Gasteiger partial charge is 0.488 e. The van der Waals surface area contributed by atoms with Gasteiger partial charge in [-0.25, -0.2) is 4.39 Å². The second kappa shape index (κ2) is 8.71. The lowest BCUT2D eigenvalue weighted by atomic mass is 10.1. The van der Waals surface area contributed by atoms with Gasteiger partial charge in [-0.1, -0.05) is 30.3 Å². The molecule has 3 rings (SSSR count). The average Bonchev–Trinajstić information content (AvgIpc) is 2.94. The number of hydrogen-bond acceptors (Lipinski definition) is 6. The molecule has 0 N–H and O–H groups in total. The van der Waals surface area contributed by atoms with E-state index in [-0.39, 0.29) is 17.3 Å². The van der Waals surface area contributed by atoms with Crippen molar-refractivity contribution in [2.24, 2.45) is 0 Å². The third-order valence-corrected chi connectivity index (χ3v) is 4.78. The molecule has 6 nitrogen and oxygen atoms in total. The van der Waals surface area contributed by atoms with Crippen LogP contribution in [0.5, 0.6) is 5.75 Å². The molecule has 2 aromatic carbocycles. The number of methoxy groups -OCH3 is 1. The van der Waals surface area contributed by atoms with Crippen LogP contribution < -0.4 is 4.74 Å². The van der Waals surface area contributed by atoms with Crippen LogP contribution in [0.15, 0.2) is 53.4 Å². The SMILES string of the molecule is COC(=O)CN1C(=O)S/C(=C/c2ccccc2OCc2cccc(F)c2)C1=O. The van der Waals surface area contributed by atoms with E-state index < -0.39 is 23.7 Å². The molecule has 2 amide bonds. The Kier molecular flexibility index (Phi) is 6.10. The van der Waals surface area contributed by atoms with Crippen LogP contribution in [0.4, 0.5) is 9.18 Å². The van der Waals surface area contributed by atoms with E-state index in [1.165, 1.54) is 25.3 Å². The number of para-hydroxylation sites is 1. The Balaban J connectivity index is 1.78. The van der Waals surface area contributed by atoms with E-state index >= 15 is 0 Å². The van der Waals surface area contributed by atoms with Crippen LogP contribution in [-0.4, -0.2) is 35.7 Å². The fraction of sp³-hybridized carbons (Fsp3) is 0.150. The first-order valence-electron chi connectivity index (χ1n) is 8.26. The van der Waals surface area contributed by atoms with Crippen LogP contribution in [0.3, 0.4) is 0 Å². The molecule has 28 heavy (non-hydrogen) atoms. The van der Waals surface area contributed by atoms with Crippen molar-refractivity contribution in [3.05, 3.63) is 70.4 Å². The summed E-state index contributed by atoms with van der Waals surface area (Å²) in [6, 6.07) is 13.0. The molecule has 0 saturated carbocycles. The molecular formula is C20H16FNO5S. The zero-order valence-electron chi connectivity index (χ0n) is 14.9. The highest BCUT2D eigenvalue weighted by Crippen LogP contribution is 2.34. The first-order chi connectivity index (χ1) is 13.5. The molecule has 0 unspecified atom stereocenters. The first kappa shape index (κ1) is 19.6. The highest BCUT2D eigenvalue weighted by atomic mass is 32.2. The maximum absolute atomic E-state index is 13.3. The summed E-state index contributed by atoms with van der Waals surface area (Å²) in [5, 5.41) is -0.542. The molecular weight excluding hydrogens is 385 g/mol. The first-order valence-corrected chi connectivity index (χ1v) is 9.08. The molecule has 2 aromatic rings. The van der Waals surface area contributed by atoms with Gasteiger partial charge in [0.05, 0.1) is 12.0 Å². The summed E-state index contributed by atoms with van der Waals surface area (Å²) < 4.78 is 23.6. The number of ether oxygens (including phenoxy) is 2. The maximum atomic E-state index is 13.3. The van der Waals surface area contributed by atoms with Crippen molar-refractivity contribution in [3.8, 4) is 5.75 Å². The average molecular weight is 401 g/mol. The molecule has 1 saturated heterocycles. The van der Waals surface area contributed by atoms with Crippen molar-refractivity contribution in [3.63, 3.8) is 0 Å². The summed E-state index contributed by atoms with van der Waals surface area (Å²) in [7, 11) is 1.18. The monoisotopic (exact) mass is 401 g/mol. The van der Waals surface area contributed by atoms with Gasteiger partial charge in [-0.05, 0) is 41.6 Å². The Bertz CT molecular complexity index is 959. The molecule has 1 aliphatic rings. The fourth-order valence-corrected chi connectivity index (χ4v) is 3.32. The summed E-state index contributed by atoms with van der Waals surface area (Å²) in [4.78, 5) is 36.8. The number of amides is 2. The number of rotatable bonds is 6. The van der Waals surface area contributed by atoms with E-state index in [2.05, 4.69) is 4.74 Å². The second-order valence-electron chi connectivity index (χ2n) is 5.80. The third kappa shape index (κ3) is 4.58. The zero-order valence-corrected chi connectivity index (χ0v) is 15.7. The standard InChI is InChI=1S/C20H16FNO5S/c1-26-18(23)11-22-19(24)17(28-20(22)25)10-14-6-2-3-8-16(14)27-12-13-5-4-7-15(21)9-13/h2-10H,11-12H2,1H3/b17-10+. The zero-order chi connectivity index (χ0) is 20.1. The highest BCUT2D eigenvalue weighted by molar-refractivity contribution is 8.18. The Labute approximate surface area is 164 Å². The summed E-state index contributed by atoms with van der Waals surface area (Å²) in [5.41, 5.74) is 1.25. The number of carbonyl (C=O) groups is 3. The fourth-order valence-electron chi connectivity index (χ4n) is 2.49. The van der Waals surface area contributed by atoms with Crippen LogP contribution >= 0.6 is 11.8 Å². The van der Waals surface area contributed by atoms with Crippen molar-refractivity contribution < 1.29 is 28.2 Å². The van der Waals surface area contributed by atoms with Gasteiger partial charge in [0.2, 0.25) is 0 Å². The number of halogens is 1. The Morgan fingerprint density at radius 2 is 1.96 bits per heavy atom. The van der Waals surface area contributed by atoms with E-state index in [0.717, 1.165) is 16.7 Å². The van der Waals surface area contributed by atoms with E-state index in [1.807, 2.05) is 0 Å². The van der Waals surface area contributed by atoms with Gasteiger partial charge in [0.1, 0.15) is 24.7 Å². The predicted octanol–water partition coefficient (Wildman–Crippen LogP) is 3.61. The minimum atomic E-state index is -0.678. The van der Waals surface area contributed by atoms with Crippen LogP contribution in [0.2, 0.25) is 0 Å². The van der Waals surface area contributed by atoms with Crippen molar-refractivity contribution in [1.82, 2.24) is 4.90 Å². The lowest BCUT2D eigenvalue weighted by molar-refractivity contribution is -0.143. The molecule has 8 heteroatoms. The Hall–Kier alpha value is -3.13. The van der Waals surface area contributed by atoms with Crippen molar-refractivity contribution in [2.75, 3.05) is 13.7 Å². The number of thioether (sulfide) groups is 1. The number of nitrogens with zero attached hydrogens (tertiary/aromatic N) is 1. The topological polar surface area (TPSA) is 72.9 Å². The molecule has 1 aliphatic heterocycles. The number of hydrogen-bond donors (Lipinski definition) is 0. The lowest BCUT2D eigenvalue weighted by Gasteiger charge is -2.11. The van der Waals surface area contributed by atoms with Gasteiger partial charge in [-0.2, -0.15) is 0 Å². The normalized spacial score (nSPS) is 15.2. The number of benzene rings is 2. The maximum Gasteiger partial charge on any atom is 0.325 e. The van der Waals surface area contributed by atoms with E-state index in [4.69, 9.17) is 4.74 Å². The van der Waals surface area contributed by atoms with Gasteiger partial charge in [0.25, 0.3) is 11.1 Å². The van der Waals surface area contributed by atoms with Crippen molar-refractivity contribution in [2.45, 2.75) is 6.61 Å². The molecule has 1 fully saturated rings. The van der Waals surface area contributed by atoms with Crippen LogP contribution in [0.1, 0.15) is 11.1 Å². The van der Waals surface area contributed by atoms with Gasteiger partial charge in [0.15, 0.2) is 0 Å². The van der Waals surface area contributed by atoms with Crippen LogP contribution in [0, 0.1) is 5.82 Å². The smallest absolute Gasteiger partial charge is 0.325 e. The van der Waals surface area contributed by atoms with Gasteiger partial charge in [-0.15, -0.1) is 0 Å². The Morgan fingerprint density at radius 1 is 1.18 bits per heavy atom. The van der Waals surface area contributed by atoms with Gasteiger partial charge in [0, 0.05) is 5.56 Å². The third-order valence-electron chi connectivity index (χ3n) is 3.88. The molecule has 144 valence electrons. The summed E-state index contributed by atoms with van der Waals surface area (Å²) >= 11 is 0.740. The molecule has 0 radical (unpaired) electrons. The quantitative estimate of drug-likeness (QED) is 0.544. The van der Waals surface area contributed by atoms with Crippen LogP contribution in [0.25, 0.3) is 6.08 Å². The second-order valence-corrected chi connectivity index (χ2v) is 6.79. The minimum Gasteiger partial charge on any atom is -0.488 e. The van der Waals surface area contributed by atoms with Crippen molar-refractivity contribution in [1.29, 1.82) is 0 Å². The number of imide groups is 1. The lowest BCUT2D eigenvalue weighted by Crippen LogP contribution is -2.34.